The van der Waals surface area contributed by atoms with Crippen molar-refractivity contribution in [2.45, 2.75) is 11.4 Å². The molecule has 6 heteroatoms. The highest BCUT2D eigenvalue weighted by molar-refractivity contribution is 8.03. The third-order valence-electron chi connectivity index (χ3n) is 2.41. The van der Waals surface area contributed by atoms with E-state index in [0.717, 1.165) is 0 Å². The summed E-state index contributed by atoms with van der Waals surface area (Å²) in [5, 5.41) is 0.366. The summed E-state index contributed by atoms with van der Waals surface area (Å²) < 4.78 is 4.68. The minimum atomic E-state index is -0.713. The van der Waals surface area contributed by atoms with Gasteiger partial charge in [0.25, 0.3) is 5.91 Å². The SMILES string of the molecule is COC(=O)C1C=CC=C2SC(N)C=CC(=O)N21. The van der Waals surface area contributed by atoms with E-state index < -0.39 is 12.0 Å². The first kappa shape index (κ1) is 11.9. The van der Waals surface area contributed by atoms with Gasteiger partial charge in [-0.05, 0) is 6.08 Å². The minimum Gasteiger partial charge on any atom is -0.467 e. The number of ether oxygens (including phenoxy) is 1. The van der Waals surface area contributed by atoms with Crippen LogP contribution >= 0.6 is 11.8 Å². The molecule has 90 valence electrons. The Morgan fingerprint density at radius 3 is 3.00 bits per heavy atom. The molecule has 0 aromatic heterocycles. The van der Waals surface area contributed by atoms with E-state index in [1.54, 1.807) is 24.3 Å². The van der Waals surface area contributed by atoms with Crippen molar-refractivity contribution in [3.05, 3.63) is 35.4 Å². The monoisotopic (exact) mass is 252 g/mol. The van der Waals surface area contributed by atoms with Crippen molar-refractivity contribution < 1.29 is 14.3 Å². The lowest BCUT2D eigenvalue weighted by Gasteiger charge is -2.30. The van der Waals surface area contributed by atoms with Gasteiger partial charge in [0.05, 0.1) is 17.5 Å². The number of nitrogens with two attached hydrogens (primary N) is 1. The second-order valence-corrected chi connectivity index (χ2v) is 4.71. The Bertz CT molecular complexity index is 442. The maximum atomic E-state index is 11.9. The lowest BCUT2D eigenvalue weighted by atomic mass is 10.2. The molecule has 0 saturated carbocycles. The number of carbonyl (C=O) groups excluding carboxylic acids is 2. The van der Waals surface area contributed by atoms with Crippen molar-refractivity contribution >= 4 is 23.6 Å². The smallest absolute Gasteiger partial charge is 0.333 e. The van der Waals surface area contributed by atoms with Gasteiger partial charge in [-0.3, -0.25) is 9.69 Å². The van der Waals surface area contributed by atoms with Gasteiger partial charge >= 0.3 is 5.97 Å². The fourth-order valence-corrected chi connectivity index (χ4v) is 2.54. The summed E-state index contributed by atoms with van der Waals surface area (Å²) in [6, 6.07) is -0.713. The highest BCUT2D eigenvalue weighted by Gasteiger charge is 2.34. The topological polar surface area (TPSA) is 72.6 Å². The molecule has 0 saturated heterocycles. The Balaban J connectivity index is 2.35. The first-order valence-electron chi connectivity index (χ1n) is 5.03. The number of thioether (sulfide) groups is 1. The third kappa shape index (κ3) is 2.27. The first-order valence-corrected chi connectivity index (χ1v) is 5.91. The number of carbonyl (C=O) groups is 2. The number of rotatable bonds is 1. The molecule has 0 aromatic carbocycles. The standard InChI is InChI=1S/C11H12N2O3S/c1-16-11(15)7-3-2-4-10-13(7)9(14)6-5-8(12)17-10/h2-8H,12H2,1H3. The molecule has 5 nitrogen and oxygen atoms in total. The third-order valence-corrected chi connectivity index (χ3v) is 3.42. The molecule has 0 bridgehead atoms. The molecule has 2 heterocycles. The Morgan fingerprint density at radius 1 is 1.53 bits per heavy atom. The number of amides is 1. The quantitative estimate of drug-likeness (QED) is 0.682. The predicted molar refractivity (Wildman–Crippen MR) is 64.6 cm³/mol. The fraction of sp³-hybridized carbons (Fsp3) is 0.273. The van der Waals surface area contributed by atoms with Gasteiger partial charge < -0.3 is 10.5 Å². The number of fused-ring (bicyclic) bond motifs is 1. The molecule has 1 amide bonds. The number of allylic oxidation sites excluding steroid dienone is 2. The molecule has 0 aliphatic carbocycles. The number of hydrogen-bond donors (Lipinski definition) is 1. The van der Waals surface area contributed by atoms with Crippen LogP contribution in [0.15, 0.2) is 35.4 Å². The van der Waals surface area contributed by atoms with Crippen molar-refractivity contribution in [2.24, 2.45) is 5.73 Å². The highest BCUT2D eigenvalue weighted by atomic mass is 32.2. The average Bonchev–Trinajstić information content (AvgIpc) is 2.48. The van der Waals surface area contributed by atoms with Crippen molar-refractivity contribution in [3.63, 3.8) is 0 Å². The molecule has 2 rings (SSSR count). The van der Waals surface area contributed by atoms with Crippen molar-refractivity contribution in [2.75, 3.05) is 7.11 Å². The molecule has 2 unspecified atom stereocenters. The maximum Gasteiger partial charge on any atom is 0.333 e. The van der Waals surface area contributed by atoms with Crippen LogP contribution in [0.2, 0.25) is 0 Å². The molecule has 2 aliphatic rings. The summed E-state index contributed by atoms with van der Waals surface area (Å²) in [4.78, 5) is 24.9. The molecule has 0 spiro atoms. The second-order valence-electron chi connectivity index (χ2n) is 3.51. The summed E-state index contributed by atoms with van der Waals surface area (Å²) in [5.74, 6) is -0.735. The lowest BCUT2D eigenvalue weighted by molar-refractivity contribution is -0.147. The maximum absolute atomic E-state index is 11.9. The Hall–Kier alpha value is -1.53. The molecule has 0 radical (unpaired) electrons. The van der Waals surface area contributed by atoms with E-state index in [4.69, 9.17) is 5.73 Å². The van der Waals surface area contributed by atoms with E-state index in [2.05, 4.69) is 4.74 Å². The van der Waals surface area contributed by atoms with Crippen LogP contribution in [0.3, 0.4) is 0 Å². The van der Waals surface area contributed by atoms with Gasteiger partial charge in [-0.1, -0.05) is 30.0 Å². The lowest BCUT2D eigenvalue weighted by Crippen LogP contribution is -2.43. The zero-order valence-corrected chi connectivity index (χ0v) is 10.0. The molecular weight excluding hydrogens is 240 g/mol. The van der Waals surface area contributed by atoms with Crippen LogP contribution in [0.5, 0.6) is 0 Å². The van der Waals surface area contributed by atoms with Crippen molar-refractivity contribution in [1.29, 1.82) is 0 Å². The van der Waals surface area contributed by atoms with Gasteiger partial charge in [0.1, 0.15) is 0 Å². The van der Waals surface area contributed by atoms with Crippen LogP contribution < -0.4 is 5.73 Å². The van der Waals surface area contributed by atoms with E-state index in [-0.39, 0.29) is 11.3 Å². The van der Waals surface area contributed by atoms with Crippen molar-refractivity contribution in [1.82, 2.24) is 4.90 Å². The summed E-state index contributed by atoms with van der Waals surface area (Å²) in [6.45, 7) is 0. The van der Waals surface area contributed by atoms with E-state index in [9.17, 15) is 9.59 Å². The molecule has 0 aromatic rings. The molecule has 17 heavy (non-hydrogen) atoms. The van der Waals surface area contributed by atoms with Gasteiger partial charge in [0.2, 0.25) is 0 Å². The minimum absolute atomic E-state index is 0.267. The van der Waals surface area contributed by atoms with Gasteiger partial charge in [-0.25, -0.2) is 4.79 Å². The zero-order valence-electron chi connectivity index (χ0n) is 9.20. The normalized spacial score (nSPS) is 27.3. The van der Waals surface area contributed by atoms with Crippen LogP contribution in [-0.2, 0) is 14.3 Å². The zero-order chi connectivity index (χ0) is 12.4. The summed E-state index contributed by atoms with van der Waals surface area (Å²) in [6.07, 6.45) is 8.10. The molecule has 2 aliphatic heterocycles. The second kappa shape index (κ2) is 4.77. The van der Waals surface area contributed by atoms with Gasteiger partial charge in [-0.2, -0.15) is 0 Å². The van der Waals surface area contributed by atoms with Crippen molar-refractivity contribution in [3.8, 4) is 0 Å². The van der Waals surface area contributed by atoms with Crippen LogP contribution in [0.1, 0.15) is 0 Å². The van der Waals surface area contributed by atoms with E-state index >= 15 is 0 Å². The van der Waals surface area contributed by atoms with E-state index in [1.165, 1.54) is 29.8 Å². The largest absolute Gasteiger partial charge is 0.467 e. The summed E-state index contributed by atoms with van der Waals surface area (Å²) in [7, 11) is 1.30. The molecular formula is C11H12N2O3S. The van der Waals surface area contributed by atoms with Crippen LogP contribution in [0.25, 0.3) is 0 Å². The van der Waals surface area contributed by atoms with E-state index in [1.807, 2.05) is 0 Å². The molecule has 2 atom stereocenters. The number of esters is 1. The highest BCUT2D eigenvalue weighted by Crippen LogP contribution is 2.31. The van der Waals surface area contributed by atoms with Crippen LogP contribution in [-0.4, -0.2) is 35.3 Å². The number of nitrogens with zero attached hydrogens (tertiary/aromatic N) is 1. The molecule has 2 N–H and O–H groups in total. The Morgan fingerprint density at radius 2 is 2.29 bits per heavy atom. The van der Waals surface area contributed by atoms with Gasteiger partial charge in [0.15, 0.2) is 6.04 Å². The fourth-order valence-electron chi connectivity index (χ4n) is 1.63. The van der Waals surface area contributed by atoms with Gasteiger partial charge in [-0.15, -0.1) is 0 Å². The van der Waals surface area contributed by atoms with Gasteiger partial charge in [0, 0.05) is 6.08 Å². The van der Waals surface area contributed by atoms with E-state index in [0.29, 0.717) is 5.03 Å². The number of hydrogen-bond acceptors (Lipinski definition) is 5. The Kier molecular flexibility index (Phi) is 3.35. The van der Waals surface area contributed by atoms with Crippen LogP contribution in [0.4, 0.5) is 0 Å². The predicted octanol–water partition coefficient (Wildman–Crippen LogP) is 0.356. The summed E-state index contributed by atoms with van der Waals surface area (Å²) >= 11 is 1.32. The number of methoxy groups -OCH3 is 1. The van der Waals surface area contributed by atoms with Crippen LogP contribution in [0, 0.1) is 0 Å². The average molecular weight is 252 g/mol. The Labute approximate surface area is 103 Å². The summed E-state index contributed by atoms with van der Waals surface area (Å²) in [5.41, 5.74) is 5.77. The first-order chi connectivity index (χ1) is 8.13. The molecule has 0 fully saturated rings.